The van der Waals surface area contributed by atoms with Gasteiger partial charge in [-0.1, -0.05) is 30.3 Å². The van der Waals surface area contributed by atoms with Crippen LogP contribution in [0.4, 0.5) is 27.9 Å². The van der Waals surface area contributed by atoms with Gasteiger partial charge in [0.25, 0.3) is 5.91 Å². The Bertz CT molecular complexity index is 1180. The Balaban J connectivity index is 1.60. The van der Waals surface area contributed by atoms with Gasteiger partial charge in [-0.15, -0.1) is 6.58 Å². The Labute approximate surface area is 221 Å². The third kappa shape index (κ3) is 9.73. The zero-order valence-corrected chi connectivity index (χ0v) is 21.1. The van der Waals surface area contributed by atoms with Crippen LogP contribution in [-0.4, -0.2) is 66.9 Å². The number of anilines is 4. The number of nitrogens with two attached hydrogens (primary N) is 1. The molecule has 38 heavy (non-hydrogen) atoms. The monoisotopic (exact) mass is 524 g/mol. The van der Waals surface area contributed by atoms with Gasteiger partial charge in [-0.3, -0.25) is 4.79 Å². The van der Waals surface area contributed by atoms with Gasteiger partial charge in [0, 0.05) is 43.0 Å². The number of rotatable bonds is 17. The van der Waals surface area contributed by atoms with Crippen LogP contribution in [0, 0.1) is 5.82 Å². The average molecular weight is 525 g/mol. The zero-order valence-electron chi connectivity index (χ0n) is 21.1. The van der Waals surface area contributed by atoms with E-state index >= 15 is 0 Å². The predicted molar refractivity (Wildman–Crippen MR) is 145 cm³/mol. The van der Waals surface area contributed by atoms with Gasteiger partial charge in [0.1, 0.15) is 5.82 Å². The number of nitrogens with one attached hydrogen (secondary N) is 4. The lowest BCUT2D eigenvalue weighted by Crippen LogP contribution is -2.27. The van der Waals surface area contributed by atoms with Crippen LogP contribution in [0.2, 0.25) is 0 Å². The van der Waals surface area contributed by atoms with Gasteiger partial charge in [-0.2, -0.15) is 15.0 Å². The number of amides is 1. The summed E-state index contributed by atoms with van der Waals surface area (Å²) in [4.78, 5) is 25.6. The molecule has 11 nitrogen and oxygen atoms in total. The molecular weight excluding hydrogens is 491 g/mol. The molecule has 0 fully saturated rings. The Kier molecular flexibility index (Phi) is 11.9. The predicted octanol–water partition coefficient (Wildman–Crippen LogP) is 2.69. The fraction of sp³-hybridized carbons (Fsp3) is 0.308. The number of hydrogen-bond acceptors (Lipinski definition) is 10. The van der Waals surface area contributed by atoms with Crippen LogP contribution < -0.4 is 27.0 Å². The summed E-state index contributed by atoms with van der Waals surface area (Å²) in [6.45, 7) is 6.89. The number of benzene rings is 2. The Morgan fingerprint density at radius 1 is 0.947 bits per heavy atom. The van der Waals surface area contributed by atoms with Crippen LogP contribution in [-0.2, 0) is 16.0 Å². The van der Waals surface area contributed by atoms with E-state index in [0.717, 1.165) is 0 Å². The summed E-state index contributed by atoms with van der Waals surface area (Å²) in [5, 5.41) is 12.0. The summed E-state index contributed by atoms with van der Waals surface area (Å²) >= 11 is 0. The molecule has 202 valence electrons. The molecule has 2 aromatic carbocycles. The van der Waals surface area contributed by atoms with Gasteiger partial charge < -0.3 is 36.5 Å². The fourth-order valence-corrected chi connectivity index (χ4v) is 3.18. The van der Waals surface area contributed by atoms with E-state index in [1.165, 1.54) is 6.07 Å². The van der Waals surface area contributed by atoms with Crippen molar-refractivity contribution in [1.82, 2.24) is 20.3 Å². The van der Waals surface area contributed by atoms with Crippen molar-refractivity contribution in [2.24, 2.45) is 5.73 Å². The molecule has 12 heteroatoms. The lowest BCUT2D eigenvalue weighted by molar-refractivity contribution is 0.0511. The first-order valence-electron chi connectivity index (χ1n) is 12.2. The second kappa shape index (κ2) is 15.9. The smallest absolute Gasteiger partial charge is 0.251 e. The van der Waals surface area contributed by atoms with E-state index < -0.39 is 0 Å². The van der Waals surface area contributed by atoms with E-state index in [1.807, 2.05) is 0 Å². The number of ether oxygens (including phenoxy) is 2. The second-order valence-corrected chi connectivity index (χ2v) is 7.90. The van der Waals surface area contributed by atoms with E-state index in [1.54, 1.807) is 48.5 Å². The zero-order chi connectivity index (χ0) is 27.0. The highest BCUT2D eigenvalue weighted by atomic mass is 19.1. The average Bonchev–Trinajstić information content (AvgIpc) is 2.93. The van der Waals surface area contributed by atoms with Crippen LogP contribution in [0.15, 0.2) is 61.2 Å². The van der Waals surface area contributed by atoms with Crippen molar-refractivity contribution in [3.63, 3.8) is 0 Å². The summed E-state index contributed by atoms with van der Waals surface area (Å²) in [6.07, 6.45) is 1.67. The van der Waals surface area contributed by atoms with Gasteiger partial charge >= 0.3 is 0 Å². The summed E-state index contributed by atoms with van der Waals surface area (Å²) in [7, 11) is 0. The minimum absolute atomic E-state index is 0.192. The summed E-state index contributed by atoms with van der Waals surface area (Å²) in [6, 6.07) is 13.4. The molecule has 0 atom stereocenters. The van der Waals surface area contributed by atoms with Crippen LogP contribution in [0.25, 0.3) is 0 Å². The number of aromatic nitrogens is 3. The molecule has 0 unspecified atom stereocenters. The van der Waals surface area contributed by atoms with Crippen LogP contribution in [0.3, 0.4) is 0 Å². The highest BCUT2D eigenvalue weighted by Crippen LogP contribution is 2.18. The number of hydrogen-bond donors (Lipinski definition) is 5. The number of carbonyl (C=O) groups is 1. The van der Waals surface area contributed by atoms with E-state index in [0.29, 0.717) is 68.8 Å². The summed E-state index contributed by atoms with van der Waals surface area (Å²) in [5.74, 6) is 0.231. The number of carbonyl (C=O) groups excluding carboxylic acids is 1. The summed E-state index contributed by atoms with van der Waals surface area (Å²) in [5.41, 5.74) is 6.89. The molecule has 3 rings (SSSR count). The molecule has 1 heterocycles. The van der Waals surface area contributed by atoms with Gasteiger partial charge in [0.05, 0.1) is 26.4 Å². The molecule has 0 aliphatic rings. The van der Waals surface area contributed by atoms with Crippen molar-refractivity contribution in [2.45, 2.75) is 6.54 Å². The third-order valence-corrected chi connectivity index (χ3v) is 4.98. The number of nitrogens with zero attached hydrogens (tertiary/aromatic N) is 3. The van der Waals surface area contributed by atoms with E-state index in [2.05, 4.69) is 42.8 Å². The third-order valence-electron chi connectivity index (χ3n) is 4.98. The molecule has 0 saturated heterocycles. The van der Waals surface area contributed by atoms with Crippen LogP contribution in [0.5, 0.6) is 0 Å². The largest absolute Gasteiger partial charge is 0.378 e. The Hall–Kier alpha value is -4.13. The molecule has 1 amide bonds. The lowest BCUT2D eigenvalue weighted by Gasteiger charge is -2.12. The van der Waals surface area contributed by atoms with Crippen LogP contribution in [0.1, 0.15) is 15.9 Å². The molecule has 0 aliphatic heterocycles. The molecule has 0 aliphatic carbocycles. The first-order chi connectivity index (χ1) is 18.6. The quantitative estimate of drug-likeness (QED) is 0.132. The van der Waals surface area contributed by atoms with Crippen molar-refractivity contribution >= 4 is 29.4 Å². The minimum atomic E-state index is -0.324. The van der Waals surface area contributed by atoms with Gasteiger partial charge in [-0.25, -0.2) is 4.39 Å². The highest BCUT2D eigenvalue weighted by Gasteiger charge is 2.10. The van der Waals surface area contributed by atoms with Gasteiger partial charge in [0.2, 0.25) is 17.8 Å². The van der Waals surface area contributed by atoms with Crippen molar-refractivity contribution in [3.05, 3.63) is 78.1 Å². The highest BCUT2D eigenvalue weighted by molar-refractivity contribution is 5.95. The Morgan fingerprint density at radius 2 is 1.68 bits per heavy atom. The van der Waals surface area contributed by atoms with Gasteiger partial charge in [0.15, 0.2) is 0 Å². The van der Waals surface area contributed by atoms with Crippen molar-refractivity contribution < 1.29 is 18.7 Å². The molecule has 0 saturated carbocycles. The van der Waals surface area contributed by atoms with Gasteiger partial charge in [-0.05, 0) is 24.3 Å². The molecule has 1 aromatic heterocycles. The van der Waals surface area contributed by atoms with E-state index in [9.17, 15) is 9.18 Å². The first kappa shape index (κ1) is 28.4. The molecule has 3 aromatic rings. The van der Waals surface area contributed by atoms with Crippen molar-refractivity contribution in [3.8, 4) is 0 Å². The molecule has 0 radical (unpaired) electrons. The fourth-order valence-electron chi connectivity index (χ4n) is 3.18. The standard InChI is InChI=1S/C26H33FN8O3/c1-2-11-30-24-33-25(31-18-20-6-3-4-9-22(20)27)35-26(34-24)32-21-8-5-7-19(17-21)23(36)29-12-14-38-16-15-37-13-10-28/h2-9,17H,1,10-16,18,28H2,(H,29,36)(H3,30,31,32,33,34,35). The maximum atomic E-state index is 14.0. The molecule has 0 bridgehead atoms. The molecular formula is C26H33FN8O3. The normalized spacial score (nSPS) is 10.6. The second-order valence-electron chi connectivity index (χ2n) is 7.90. The molecule has 0 spiro atoms. The topological polar surface area (TPSA) is 148 Å². The minimum Gasteiger partial charge on any atom is -0.378 e. The van der Waals surface area contributed by atoms with Crippen molar-refractivity contribution in [1.29, 1.82) is 0 Å². The SMILES string of the molecule is C=CCNc1nc(NCc2ccccc2F)nc(Nc2cccc(C(=O)NCCOCCOCCN)c2)n1. The van der Waals surface area contributed by atoms with E-state index in [4.69, 9.17) is 15.2 Å². The molecule has 6 N–H and O–H groups in total. The first-order valence-corrected chi connectivity index (χ1v) is 12.2. The van der Waals surface area contributed by atoms with E-state index in [-0.39, 0.29) is 30.2 Å². The maximum absolute atomic E-state index is 14.0. The Morgan fingerprint density at radius 3 is 2.45 bits per heavy atom. The van der Waals surface area contributed by atoms with Crippen molar-refractivity contribution in [2.75, 3.05) is 62.0 Å². The lowest BCUT2D eigenvalue weighted by atomic mass is 10.2. The van der Waals surface area contributed by atoms with Crippen LogP contribution >= 0.6 is 0 Å². The number of halogens is 1. The summed E-state index contributed by atoms with van der Waals surface area (Å²) < 4.78 is 24.7. The maximum Gasteiger partial charge on any atom is 0.251 e.